The minimum Gasteiger partial charge on any atom is -0.480 e. The summed E-state index contributed by atoms with van der Waals surface area (Å²) < 4.78 is 5.60. The first kappa shape index (κ1) is 17.0. The van der Waals surface area contributed by atoms with Crippen LogP contribution >= 0.6 is 0 Å². The van der Waals surface area contributed by atoms with E-state index in [2.05, 4.69) is 0 Å². The van der Waals surface area contributed by atoms with Gasteiger partial charge in [0.05, 0.1) is 13.2 Å². The topological polar surface area (TPSA) is 66.8 Å². The lowest BCUT2D eigenvalue weighted by atomic mass is 9.73. The van der Waals surface area contributed by atoms with Crippen LogP contribution in [0.5, 0.6) is 0 Å². The highest BCUT2D eigenvalue weighted by molar-refractivity contribution is 5.86. The van der Waals surface area contributed by atoms with Crippen molar-refractivity contribution in [2.24, 2.45) is 5.41 Å². The Morgan fingerprint density at radius 3 is 2.58 bits per heavy atom. The predicted molar refractivity (Wildman–Crippen MR) is 89.4 cm³/mol. The van der Waals surface area contributed by atoms with Crippen LogP contribution in [-0.4, -0.2) is 41.1 Å². The number of hydrogen-bond donors (Lipinski definition) is 1. The van der Waals surface area contributed by atoms with E-state index in [1.54, 1.807) is 4.90 Å². The van der Waals surface area contributed by atoms with Crippen molar-refractivity contribution in [3.8, 4) is 0 Å². The summed E-state index contributed by atoms with van der Waals surface area (Å²) >= 11 is 0. The van der Waals surface area contributed by atoms with Crippen molar-refractivity contribution < 1.29 is 19.4 Å². The van der Waals surface area contributed by atoms with Crippen LogP contribution in [0.15, 0.2) is 30.3 Å². The maximum atomic E-state index is 12.4. The minimum absolute atomic E-state index is 0.00244. The molecule has 1 aliphatic heterocycles. The Labute approximate surface area is 142 Å². The Morgan fingerprint density at radius 1 is 1.21 bits per heavy atom. The molecular weight excluding hydrogens is 306 g/mol. The fourth-order valence-electron chi connectivity index (χ4n) is 4.01. The first-order chi connectivity index (χ1) is 11.6. The van der Waals surface area contributed by atoms with E-state index in [9.17, 15) is 14.7 Å². The number of carboxylic acid groups (broad SMARTS) is 1. The van der Waals surface area contributed by atoms with Crippen molar-refractivity contribution >= 4 is 11.9 Å². The molecule has 0 bridgehead atoms. The molecule has 1 heterocycles. The van der Waals surface area contributed by atoms with Crippen molar-refractivity contribution in [2.45, 2.75) is 51.2 Å². The number of carboxylic acids is 1. The summed E-state index contributed by atoms with van der Waals surface area (Å²) in [6, 6.07) is 8.76. The van der Waals surface area contributed by atoms with Gasteiger partial charge in [-0.3, -0.25) is 4.79 Å². The van der Waals surface area contributed by atoms with Gasteiger partial charge in [-0.1, -0.05) is 49.6 Å². The van der Waals surface area contributed by atoms with Gasteiger partial charge in [-0.25, -0.2) is 4.79 Å². The third kappa shape index (κ3) is 3.78. The standard InChI is InChI=1S/C19H25NO4/c21-17-11-19(9-5-2-6-10-19)14-20(17)16(18(22)23)13-24-12-15-7-3-1-4-8-15/h1,3-4,7-8,16H,2,5-6,9-14H2,(H,22,23). The fraction of sp³-hybridized carbons (Fsp3) is 0.579. The van der Waals surface area contributed by atoms with Crippen LogP contribution in [0, 0.1) is 5.41 Å². The van der Waals surface area contributed by atoms with Gasteiger partial charge in [0, 0.05) is 13.0 Å². The van der Waals surface area contributed by atoms with Gasteiger partial charge in [0.2, 0.25) is 5.91 Å². The zero-order valence-electron chi connectivity index (χ0n) is 13.9. The molecule has 1 aromatic carbocycles. The molecule has 0 radical (unpaired) electrons. The number of hydrogen-bond acceptors (Lipinski definition) is 3. The lowest BCUT2D eigenvalue weighted by molar-refractivity contribution is -0.151. The van der Waals surface area contributed by atoms with Crippen molar-refractivity contribution in [1.82, 2.24) is 4.90 Å². The maximum Gasteiger partial charge on any atom is 0.328 e. The molecule has 5 heteroatoms. The van der Waals surface area contributed by atoms with Crippen molar-refractivity contribution in [3.05, 3.63) is 35.9 Å². The number of nitrogens with zero attached hydrogens (tertiary/aromatic N) is 1. The second-order valence-corrected chi connectivity index (χ2v) is 7.11. The molecule has 1 aliphatic carbocycles. The van der Waals surface area contributed by atoms with Gasteiger partial charge < -0.3 is 14.7 Å². The molecular formula is C19H25NO4. The number of carbonyl (C=O) groups excluding carboxylic acids is 1. The van der Waals surface area contributed by atoms with Crippen molar-refractivity contribution in [2.75, 3.05) is 13.2 Å². The minimum atomic E-state index is -0.982. The summed E-state index contributed by atoms with van der Waals surface area (Å²) in [4.78, 5) is 25.6. The average molecular weight is 331 g/mol. The van der Waals surface area contributed by atoms with E-state index < -0.39 is 12.0 Å². The Kier molecular flexibility index (Phi) is 5.19. The molecule has 3 rings (SSSR count). The largest absolute Gasteiger partial charge is 0.480 e. The zero-order chi connectivity index (χ0) is 17.0. The molecule has 1 spiro atoms. The van der Waals surface area contributed by atoms with E-state index in [1.165, 1.54) is 6.42 Å². The molecule has 0 aromatic heterocycles. The Morgan fingerprint density at radius 2 is 1.92 bits per heavy atom. The van der Waals surface area contributed by atoms with E-state index in [1.807, 2.05) is 30.3 Å². The number of amides is 1. The summed E-state index contributed by atoms with van der Waals surface area (Å²) in [6.45, 7) is 0.960. The first-order valence-electron chi connectivity index (χ1n) is 8.74. The van der Waals surface area contributed by atoms with Gasteiger partial charge in [-0.15, -0.1) is 0 Å². The van der Waals surface area contributed by atoms with Gasteiger partial charge in [-0.05, 0) is 23.8 Å². The fourth-order valence-corrected chi connectivity index (χ4v) is 4.01. The Balaban J connectivity index is 1.60. The molecule has 1 unspecified atom stereocenters. The third-order valence-electron chi connectivity index (χ3n) is 5.32. The second kappa shape index (κ2) is 7.34. The number of rotatable bonds is 6. The smallest absolute Gasteiger partial charge is 0.328 e. The van der Waals surface area contributed by atoms with E-state index in [0.717, 1.165) is 31.2 Å². The number of ether oxygens (including phenoxy) is 1. The highest BCUT2D eigenvalue weighted by atomic mass is 16.5. The zero-order valence-corrected chi connectivity index (χ0v) is 13.9. The quantitative estimate of drug-likeness (QED) is 0.870. The van der Waals surface area contributed by atoms with Crippen molar-refractivity contribution in [1.29, 1.82) is 0 Å². The molecule has 2 fully saturated rings. The second-order valence-electron chi connectivity index (χ2n) is 7.11. The van der Waals surface area contributed by atoms with Crippen LogP contribution in [0.3, 0.4) is 0 Å². The monoisotopic (exact) mass is 331 g/mol. The third-order valence-corrected chi connectivity index (χ3v) is 5.32. The lowest BCUT2D eigenvalue weighted by Crippen LogP contribution is -2.46. The molecule has 5 nitrogen and oxygen atoms in total. The Bertz CT molecular complexity index is 580. The molecule has 2 aliphatic rings. The molecule has 1 N–H and O–H groups in total. The Hall–Kier alpha value is -1.88. The van der Waals surface area contributed by atoms with Crippen LogP contribution in [0.2, 0.25) is 0 Å². The number of likely N-dealkylation sites (tertiary alicyclic amines) is 1. The van der Waals surface area contributed by atoms with Crippen LogP contribution in [0.25, 0.3) is 0 Å². The average Bonchev–Trinajstić information content (AvgIpc) is 2.88. The summed E-state index contributed by atoms with van der Waals surface area (Å²) in [6.07, 6.45) is 6.07. The SMILES string of the molecule is O=C(O)C(COCc1ccccc1)N1CC2(CCCCC2)CC1=O. The number of aliphatic carboxylic acids is 1. The van der Waals surface area contributed by atoms with E-state index >= 15 is 0 Å². The summed E-state index contributed by atoms with van der Waals surface area (Å²) in [7, 11) is 0. The molecule has 130 valence electrons. The van der Waals surface area contributed by atoms with E-state index in [4.69, 9.17) is 4.74 Å². The maximum absolute atomic E-state index is 12.4. The highest BCUT2D eigenvalue weighted by Crippen LogP contribution is 2.44. The van der Waals surface area contributed by atoms with Crippen LogP contribution < -0.4 is 0 Å². The molecule has 1 saturated carbocycles. The van der Waals surface area contributed by atoms with Gasteiger partial charge >= 0.3 is 5.97 Å². The summed E-state index contributed by atoms with van der Waals surface area (Å²) in [5.41, 5.74) is 1.00. The van der Waals surface area contributed by atoms with Gasteiger partial charge in [0.15, 0.2) is 6.04 Å². The molecule has 1 amide bonds. The van der Waals surface area contributed by atoms with E-state index in [-0.39, 0.29) is 17.9 Å². The highest BCUT2D eigenvalue weighted by Gasteiger charge is 2.47. The van der Waals surface area contributed by atoms with Crippen LogP contribution in [0.4, 0.5) is 0 Å². The van der Waals surface area contributed by atoms with Gasteiger partial charge in [0.1, 0.15) is 0 Å². The van der Waals surface area contributed by atoms with Gasteiger partial charge in [0.25, 0.3) is 0 Å². The number of benzene rings is 1. The lowest BCUT2D eigenvalue weighted by Gasteiger charge is -2.33. The summed E-state index contributed by atoms with van der Waals surface area (Å²) in [5, 5.41) is 9.56. The first-order valence-corrected chi connectivity index (χ1v) is 8.74. The van der Waals surface area contributed by atoms with Crippen LogP contribution in [0.1, 0.15) is 44.1 Å². The molecule has 24 heavy (non-hydrogen) atoms. The summed E-state index contributed by atoms with van der Waals surface area (Å²) in [5.74, 6) is -1.02. The molecule has 1 saturated heterocycles. The normalized spacial score (nSPS) is 21.2. The van der Waals surface area contributed by atoms with Gasteiger partial charge in [-0.2, -0.15) is 0 Å². The van der Waals surface area contributed by atoms with Crippen molar-refractivity contribution in [3.63, 3.8) is 0 Å². The predicted octanol–water partition coefficient (Wildman–Crippen LogP) is 2.84. The molecule has 1 atom stereocenters. The molecule has 1 aromatic rings. The van der Waals surface area contributed by atoms with Crippen LogP contribution in [-0.2, 0) is 20.9 Å². The van der Waals surface area contributed by atoms with E-state index in [0.29, 0.717) is 19.6 Å². The number of carbonyl (C=O) groups is 2.